The first-order valence-electron chi connectivity index (χ1n) is 7.87. The molecule has 0 saturated heterocycles. The Morgan fingerprint density at radius 1 is 1.18 bits per heavy atom. The maximum Gasteiger partial charge on any atom is 0.191 e. The third kappa shape index (κ3) is 6.36. The molecule has 3 nitrogen and oxygen atoms in total. The van der Waals surface area contributed by atoms with E-state index < -0.39 is 0 Å². The lowest BCUT2D eigenvalue weighted by Crippen LogP contribution is -2.37. The molecule has 0 amide bonds. The van der Waals surface area contributed by atoms with Crippen LogP contribution in [0.5, 0.6) is 0 Å². The van der Waals surface area contributed by atoms with Gasteiger partial charge >= 0.3 is 0 Å². The molecule has 0 radical (unpaired) electrons. The van der Waals surface area contributed by atoms with Crippen molar-refractivity contribution in [3.05, 3.63) is 34.9 Å². The van der Waals surface area contributed by atoms with Gasteiger partial charge < -0.3 is 10.6 Å². The summed E-state index contributed by atoms with van der Waals surface area (Å²) >= 11 is 1.91. The molecule has 2 N–H and O–H groups in total. The van der Waals surface area contributed by atoms with Crippen molar-refractivity contribution in [3.8, 4) is 0 Å². The van der Waals surface area contributed by atoms with Crippen LogP contribution in [0.25, 0.3) is 0 Å². The van der Waals surface area contributed by atoms with Crippen molar-refractivity contribution in [2.75, 3.05) is 25.6 Å². The van der Waals surface area contributed by atoms with Gasteiger partial charge in [0.25, 0.3) is 0 Å². The largest absolute Gasteiger partial charge is 0.356 e. The number of aliphatic imine (C=N–C) groups is 1. The fraction of sp³-hybridized carbons (Fsp3) is 0.588. The molecule has 0 bridgehead atoms. The van der Waals surface area contributed by atoms with Crippen LogP contribution >= 0.6 is 35.7 Å². The van der Waals surface area contributed by atoms with Gasteiger partial charge in [0.1, 0.15) is 0 Å². The Hall–Kier alpha value is -0.430. The highest BCUT2D eigenvalue weighted by molar-refractivity contribution is 14.0. The van der Waals surface area contributed by atoms with Gasteiger partial charge in [-0.1, -0.05) is 18.2 Å². The number of thioether (sulfide) groups is 1. The minimum absolute atomic E-state index is 0. The van der Waals surface area contributed by atoms with Crippen molar-refractivity contribution in [2.24, 2.45) is 4.99 Å². The smallest absolute Gasteiger partial charge is 0.191 e. The second kappa shape index (κ2) is 11.2. The Morgan fingerprint density at radius 2 is 2.00 bits per heavy atom. The lowest BCUT2D eigenvalue weighted by atomic mass is 10.1. The molecular formula is C17H28IN3S. The van der Waals surface area contributed by atoms with Crippen LogP contribution < -0.4 is 10.6 Å². The molecule has 0 saturated carbocycles. The number of aryl methyl sites for hydroxylation is 2. The summed E-state index contributed by atoms with van der Waals surface area (Å²) < 4.78 is 0. The van der Waals surface area contributed by atoms with E-state index in [4.69, 9.17) is 0 Å². The number of nitrogens with zero attached hydrogens (tertiary/aromatic N) is 1. The SMILES string of the molecule is CN=C(NCCCCSC)NCc1ccc2c(c1)CCC2.I. The number of guanidine groups is 1. The lowest BCUT2D eigenvalue weighted by Gasteiger charge is -2.12. The van der Waals surface area contributed by atoms with E-state index in [-0.39, 0.29) is 24.0 Å². The van der Waals surface area contributed by atoms with Gasteiger partial charge in [-0.15, -0.1) is 24.0 Å². The van der Waals surface area contributed by atoms with Crippen LogP contribution in [0.1, 0.15) is 36.0 Å². The monoisotopic (exact) mass is 433 g/mol. The summed E-state index contributed by atoms with van der Waals surface area (Å²) in [6.07, 6.45) is 8.42. The molecule has 1 aromatic rings. The predicted molar refractivity (Wildman–Crippen MR) is 110 cm³/mol. The molecule has 0 unspecified atom stereocenters. The molecule has 22 heavy (non-hydrogen) atoms. The van der Waals surface area contributed by atoms with Crippen LogP contribution in [-0.2, 0) is 19.4 Å². The zero-order valence-corrected chi connectivity index (χ0v) is 16.8. The number of fused-ring (bicyclic) bond motifs is 1. The highest BCUT2D eigenvalue weighted by Crippen LogP contribution is 2.22. The van der Waals surface area contributed by atoms with Crippen LogP contribution in [0.15, 0.2) is 23.2 Å². The lowest BCUT2D eigenvalue weighted by molar-refractivity contribution is 0.733. The number of hydrogen-bond donors (Lipinski definition) is 2. The summed E-state index contributed by atoms with van der Waals surface area (Å²) in [5.74, 6) is 2.14. The van der Waals surface area contributed by atoms with Crippen molar-refractivity contribution in [3.63, 3.8) is 0 Å². The molecular weight excluding hydrogens is 405 g/mol. The van der Waals surface area contributed by atoms with Crippen LogP contribution in [0, 0.1) is 0 Å². The first-order valence-corrected chi connectivity index (χ1v) is 9.27. The third-order valence-corrected chi connectivity index (χ3v) is 4.61. The Balaban J connectivity index is 0.00000242. The van der Waals surface area contributed by atoms with E-state index in [2.05, 4.69) is 40.1 Å². The van der Waals surface area contributed by atoms with Crippen LogP contribution in [0.4, 0.5) is 0 Å². The molecule has 0 aromatic heterocycles. The quantitative estimate of drug-likeness (QED) is 0.299. The summed E-state index contributed by atoms with van der Waals surface area (Å²) in [4.78, 5) is 4.28. The second-order valence-corrected chi connectivity index (χ2v) is 6.49. The van der Waals surface area contributed by atoms with Gasteiger partial charge in [0.05, 0.1) is 0 Å². The molecule has 1 aromatic carbocycles. The maximum absolute atomic E-state index is 4.28. The number of unbranched alkanes of at least 4 members (excludes halogenated alkanes) is 1. The highest BCUT2D eigenvalue weighted by Gasteiger charge is 2.10. The van der Waals surface area contributed by atoms with E-state index >= 15 is 0 Å². The topological polar surface area (TPSA) is 36.4 Å². The van der Waals surface area contributed by atoms with Gasteiger partial charge in [-0.05, 0) is 60.8 Å². The Bertz CT molecular complexity index is 477. The Morgan fingerprint density at radius 3 is 2.77 bits per heavy atom. The van der Waals surface area contributed by atoms with Gasteiger partial charge in [0.15, 0.2) is 5.96 Å². The van der Waals surface area contributed by atoms with Crippen LogP contribution in [-0.4, -0.2) is 31.6 Å². The van der Waals surface area contributed by atoms with E-state index in [1.807, 2.05) is 18.8 Å². The van der Waals surface area contributed by atoms with Crippen molar-refractivity contribution in [1.29, 1.82) is 0 Å². The number of hydrogen-bond acceptors (Lipinski definition) is 2. The summed E-state index contributed by atoms with van der Waals surface area (Å²) in [6, 6.07) is 6.88. The fourth-order valence-electron chi connectivity index (χ4n) is 2.72. The standard InChI is InChI=1S/C17H27N3S.HI/c1-18-17(19-10-3-4-11-21-2)20-13-14-8-9-15-6-5-7-16(15)12-14;/h8-9,12H,3-7,10-11,13H2,1-2H3,(H2,18,19,20);1H. The van der Waals surface area contributed by atoms with Gasteiger partial charge in [0, 0.05) is 20.1 Å². The minimum Gasteiger partial charge on any atom is -0.356 e. The first kappa shape index (κ1) is 19.6. The average molecular weight is 433 g/mol. The molecule has 1 aliphatic rings. The van der Waals surface area contributed by atoms with Crippen molar-refractivity contribution >= 4 is 41.7 Å². The van der Waals surface area contributed by atoms with Crippen molar-refractivity contribution in [2.45, 2.75) is 38.6 Å². The van der Waals surface area contributed by atoms with Crippen molar-refractivity contribution < 1.29 is 0 Å². The molecule has 0 spiro atoms. The second-order valence-electron chi connectivity index (χ2n) is 5.51. The van der Waals surface area contributed by atoms with Crippen molar-refractivity contribution in [1.82, 2.24) is 10.6 Å². The number of halogens is 1. The van der Waals surface area contributed by atoms with Gasteiger partial charge in [0.2, 0.25) is 0 Å². The molecule has 0 aliphatic heterocycles. The van der Waals surface area contributed by atoms with E-state index in [1.165, 1.54) is 54.5 Å². The zero-order chi connectivity index (χ0) is 14.9. The highest BCUT2D eigenvalue weighted by atomic mass is 127. The van der Waals surface area contributed by atoms with E-state index in [1.54, 1.807) is 0 Å². The number of rotatable bonds is 7. The molecule has 0 fully saturated rings. The summed E-state index contributed by atoms with van der Waals surface area (Å²) in [5, 5.41) is 6.78. The number of benzene rings is 1. The van der Waals surface area contributed by atoms with Gasteiger partial charge in [-0.3, -0.25) is 4.99 Å². The van der Waals surface area contributed by atoms with E-state index in [0.717, 1.165) is 19.0 Å². The Labute approximate surface area is 156 Å². The number of nitrogens with one attached hydrogen (secondary N) is 2. The zero-order valence-electron chi connectivity index (χ0n) is 13.7. The normalized spacial score (nSPS) is 13.5. The fourth-order valence-corrected chi connectivity index (χ4v) is 3.21. The Kier molecular flexibility index (Phi) is 9.95. The third-order valence-electron chi connectivity index (χ3n) is 3.91. The summed E-state index contributed by atoms with van der Waals surface area (Å²) in [5.41, 5.74) is 4.42. The van der Waals surface area contributed by atoms with Gasteiger partial charge in [-0.25, -0.2) is 0 Å². The molecule has 0 heterocycles. The molecule has 0 atom stereocenters. The first-order chi connectivity index (χ1) is 10.3. The summed E-state index contributed by atoms with van der Waals surface area (Å²) in [7, 11) is 1.83. The molecule has 5 heteroatoms. The minimum atomic E-state index is 0. The average Bonchev–Trinajstić information content (AvgIpc) is 2.97. The van der Waals surface area contributed by atoms with Crippen LogP contribution in [0.3, 0.4) is 0 Å². The van der Waals surface area contributed by atoms with E-state index in [9.17, 15) is 0 Å². The van der Waals surface area contributed by atoms with E-state index in [0.29, 0.717) is 0 Å². The maximum atomic E-state index is 4.28. The van der Waals surface area contributed by atoms with Gasteiger partial charge in [-0.2, -0.15) is 11.8 Å². The summed E-state index contributed by atoms with van der Waals surface area (Å²) in [6.45, 7) is 1.84. The molecule has 1 aliphatic carbocycles. The molecule has 124 valence electrons. The molecule has 2 rings (SSSR count). The predicted octanol–water partition coefficient (Wildman–Crippen LogP) is 3.60. The van der Waals surface area contributed by atoms with Crippen LogP contribution in [0.2, 0.25) is 0 Å².